The van der Waals surface area contributed by atoms with E-state index in [9.17, 15) is 0 Å². The van der Waals surface area contributed by atoms with E-state index in [1.165, 1.54) is 82.7 Å². The molecule has 3 heteroatoms. The fourth-order valence-electron chi connectivity index (χ4n) is 10.6. The van der Waals surface area contributed by atoms with Crippen LogP contribution in [0.2, 0.25) is 0 Å². The molecule has 0 saturated heterocycles. The van der Waals surface area contributed by atoms with E-state index in [2.05, 4.69) is 211 Å². The second-order valence-corrected chi connectivity index (χ2v) is 16.9. The first-order valence-electron chi connectivity index (χ1n) is 20.8. The van der Waals surface area contributed by atoms with Gasteiger partial charge in [0.15, 0.2) is 0 Å². The predicted molar refractivity (Wildman–Crippen MR) is 251 cm³/mol. The molecule has 0 amide bonds. The van der Waals surface area contributed by atoms with E-state index in [1.54, 1.807) is 0 Å². The first kappa shape index (κ1) is 33.4. The lowest BCUT2D eigenvalue weighted by Gasteiger charge is -2.22. The molecular weight excluding hydrogens is 729 g/mol. The summed E-state index contributed by atoms with van der Waals surface area (Å²) < 4.78 is 11.3. The molecule has 0 spiro atoms. The third kappa shape index (κ3) is 4.55. The van der Waals surface area contributed by atoms with Gasteiger partial charge in [-0.05, 0) is 106 Å². The third-order valence-corrected chi connectivity index (χ3v) is 13.3. The number of furan rings is 1. The molecule has 282 valence electrons. The maximum absolute atomic E-state index is 6.45. The Labute approximate surface area is 347 Å². The molecule has 3 heterocycles. The van der Waals surface area contributed by atoms with E-state index < -0.39 is 0 Å². The van der Waals surface area contributed by atoms with Crippen LogP contribution >= 0.6 is 0 Å². The van der Waals surface area contributed by atoms with Crippen LogP contribution < -0.4 is 0 Å². The largest absolute Gasteiger partial charge is 0.455 e. The van der Waals surface area contributed by atoms with Gasteiger partial charge in [-0.3, -0.25) is 0 Å². The van der Waals surface area contributed by atoms with Crippen molar-refractivity contribution < 1.29 is 4.42 Å². The number of aromatic nitrogens is 2. The Morgan fingerprint density at radius 1 is 0.383 bits per heavy atom. The topological polar surface area (TPSA) is 23.0 Å². The number of benzene rings is 9. The van der Waals surface area contributed by atoms with Crippen molar-refractivity contribution in [1.82, 2.24) is 9.13 Å². The van der Waals surface area contributed by atoms with Gasteiger partial charge in [0.2, 0.25) is 0 Å². The molecule has 0 unspecified atom stereocenters. The van der Waals surface area contributed by atoms with E-state index in [0.717, 1.165) is 38.8 Å². The molecule has 0 saturated carbocycles. The van der Waals surface area contributed by atoms with E-state index in [4.69, 9.17) is 4.42 Å². The first-order valence-corrected chi connectivity index (χ1v) is 20.8. The van der Waals surface area contributed by atoms with Gasteiger partial charge in [-0.25, -0.2) is 0 Å². The monoisotopic (exact) mass is 766 g/mol. The van der Waals surface area contributed by atoms with Crippen LogP contribution in [0, 0.1) is 0 Å². The van der Waals surface area contributed by atoms with Gasteiger partial charge in [0.1, 0.15) is 11.2 Å². The molecule has 1 aliphatic carbocycles. The lowest BCUT2D eigenvalue weighted by atomic mass is 9.80. The molecule has 3 aromatic heterocycles. The number of rotatable bonds is 4. The first-order chi connectivity index (χ1) is 29.5. The molecule has 0 fully saturated rings. The summed E-state index contributed by atoms with van der Waals surface area (Å²) in [4.78, 5) is 0. The summed E-state index contributed by atoms with van der Waals surface area (Å²) in [5.74, 6) is 0. The maximum atomic E-state index is 6.45. The summed E-state index contributed by atoms with van der Waals surface area (Å²) >= 11 is 0. The highest BCUT2D eigenvalue weighted by molar-refractivity contribution is 6.16. The Kier molecular flexibility index (Phi) is 6.78. The van der Waals surface area contributed by atoms with E-state index in [1.807, 2.05) is 6.07 Å². The van der Waals surface area contributed by atoms with Crippen molar-refractivity contribution in [3.63, 3.8) is 0 Å². The molecule has 1 aliphatic rings. The second-order valence-electron chi connectivity index (χ2n) is 16.9. The Balaban J connectivity index is 1.02. The minimum atomic E-state index is -0.173. The molecule has 0 N–H and O–H groups in total. The number of nitrogens with zero attached hydrogens (tertiary/aromatic N) is 2. The highest BCUT2D eigenvalue weighted by Crippen LogP contribution is 2.53. The van der Waals surface area contributed by atoms with E-state index >= 15 is 0 Å². The van der Waals surface area contributed by atoms with Crippen LogP contribution in [-0.2, 0) is 5.41 Å². The minimum absolute atomic E-state index is 0.173. The van der Waals surface area contributed by atoms with Crippen LogP contribution in [-0.4, -0.2) is 9.13 Å². The standard InChI is InChI=1S/C57H38N2O/c1-57(2)48-20-9-6-15-41(48)44-29-32-52-54(55(44)57)47-34-37(36-25-30-50-46(33-36)42-16-7-10-21-49(42)58(50)38-13-4-3-5-14-38)26-31-51(47)59(52)39-27-23-35(24-28-39)40-18-12-19-45-43-17-8-11-22-53(43)60-56(40)45/h3-34H,1-2H3. The van der Waals surface area contributed by atoms with Crippen molar-refractivity contribution in [2.75, 3.05) is 0 Å². The molecule has 0 radical (unpaired) electrons. The Hall–Kier alpha value is -7.62. The maximum Gasteiger partial charge on any atom is 0.143 e. The quantitative estimate of drug-likeness (QED) is 0.175. The van der Waals surface area contributed by atoms with E-state index in [-0.39, 0.29) is 5.41 Å². The van der Waals surface area contributed by atoms with Gasteiger partial charge >= 0.3 is 0 Å². The minimum Gasteiger partial charge on any atom is -0.455 e. The molecule has 12 aromatic rings. The van der Waals surface area contributed by atoms with Gasteiger partial charge in [0, 0.05) is 54.7 Å². The van der Waals surface area contributed by atoms with Gasteiger partial charge in [-0.1, -0.05) is 141 Å². The van der Waals surface area contributed by atoms with Gasteiger partial charge in [0.05, 0.1) is 22.1 Å². The van der Waals surface area contributed by atoms with Crippen LogP contribution in [0.3, 0.4) is 0 Å². The Bertz CT molecular complexity index is 3730. The summed E-state index contributed by atoms with van der Waals surface area (Å²) in [5, 5.41) is 7.39. The average molecular weight is 767 g/mol. The highest BCUT2D eigenvalue weighted by Gasteiger charge is 2.38. The zero-order chi connectivity index (χ0) is 39.7. The molecule has 0 bridgehead atoms. The predicted octanol–water partition coefficient (Wildman–Crippen LogP) is 15.4. The van der Waals surface area contributed by atoms with Crippen LogP contribution in [0.4, 0.5) is 0 Å². The molecule has 13 rings (SSSR count). The van der Waals surface area contributed by atoms with Crippen molar-refractivity contribution in [2.24, 2.45) is 0 Å². The zero-order valence-electron chi connectivity index (χ0n) is 33.3. The van der Waals surface area contributed by atoms with Gasteiger partial charge in [-0.2, -0.15) is 0 Å². The summed E-state index contributed by atoms with van der Waals surface area (Å²) in [6, 6.07) is 71.0. The number of para-hydroxylation sites is 4. The summed E-state index contributed by atoms with van der Waals surface area (Å²) in [5.41, 5.74) is 18.9. The van der Waals surface area contributed by atoms with Gasteiger partial charge < -0.3 is 13.6 Å². The number of hydrogen-bond donors (Lipinski definition) is 0. The average Bonchev–Trinajstić information content (AvgIpc) is 4.01. The van der Waals surface area contributed by atoms with Crippen molar-refractivity contribution in [2.45, 2.75) is 19.3 Å². The third-order valence-electron chi connectivity index (χ3n) is 13.3. The second kappa shape index (κ2) is 12.2. The fraction of sp³-hybridized carbons (Fsp3) is 0.0526. The van der Waals surface area contributed by atoms with Crippen LogP contribution in [0.15, 0.2) is 199 Å². The molecule has 0 aliphatic heterocycles. The van der Waals surface area contributed by atoms with E-state index in [0.29, 0.717) is 0 Å². The zero-order valence-corrected chi connectivity index (χ0v) is 33.3. The Morgan fingerprint density at radius 2 is 0.967 bits per heavy atom. The fourth-order valence-corrected chi connectivity index (χ4v) is 10.6. The molecule has 9 aromatic carbocycles. The highest BCUT2D eigenvalue weighted by atomic mass is 16.3. The summed E-state index contributed by atoms with van der Waals surface area (Å²) in [7, 11) is 0. The summed E-state index contributed by atoms with van der Waals surface area (Å²) in [6.45, 7) is 4.79. The van der Waals surface area contributed by atoms with Crippen molar-refractivity contribution >= 4 is 65.6 Å². The Morgan fingerprint density at radius 3 is 1.80 bits per heavy atom. The molecule has 0 atom stereocenters. The molecule has 3 nitrogen and oxygen atoms in total. The lowest BCUT2D eigenvalue weighted by Crippen LogP contribution is -2.15. The van der Waals surface area contributed by atoms with Crippen LogP contribution in [0.1, 0.15) is 25.0 Å². The van der Waals surface area contributed by atoms with Gasteiger partial charge in [-0.15, -0.1) is 0 Å². The SMILES string of the molecule is CC1(C)c2ccccc2-c2ccc3c(c21)c1cc(-c2ccc4c(c2)c2ccccc2n4-c2ccccc2)ccc1n3-c1ccc(-c2cccc3c2oc2ccccc23)cc1. The summed E-state index contributed by atoms with van der Waals surface area (Å²) in [6.07, 6.45) is 0. The van der Waals surface area contributed by atoms with Crippen LogP contribution in [0.5, 0.6) is 0 Å². The number of hydrogen-bond acceptors (Lipinski definition) is 1. The lowest BCUT2D eigenvalue weighted by molar-refractivity contribution is 0.666. The molecule has 60 heavy (non-hydrogen) atoms. The normalized spacial score (nSPS) is 13.3. The number of fused-ring (bicyclic) bond motifs is 13. The van der Waals surface area contributed by atoms with Gasteiger partial charge in [0.25, 0.3) is 0 Å². The van der Waals surface area contributed by atoms with Crippen molar-refractivity contribution in [3.8, 4) is 44.8 Å². The van der Waals surface area contributed by atoms with Crippen molar-refractivity contribution in [3.05, 3.63) is 205 Å². The van der Waals surface area contributed by atoms with Crippen molar-refractivity contribution in [1.29, 1.82) is 0 Å². The smallest absolute Gasteiger partial charge is 0.143 e. The molecular formula is C57H38N2O. The van der Waals surface area contributed by atoms with Crippen LogP contribution in [0.25, 0.3) is 110 Å².